The van der Waals surface area contributed by atoms with Gasteiger partial charge in [-0.2, -0.15) is 13.2 Å². The minimum Gasteiger partial charge on any atom is -0.462 e. The molecule has 1 heterocycles. The molecule has 35 heavy (non-hydrogen) atoms. The number of thioether (sulfide) groups is 1. The van der Waals surface area contributed by atoms with Crippen LogP contribution in [0.4, 0.5) is 22.0 Å². The number of aromatic nitrogens is 2. The Bertz CT molecular complexity index is 1370. The van der Waals surface area contributed by atoms with E-state index in [1.165, 1.54) is 24.3 Å². The predicted molar refractivity (Wildman–Crippen MR) is 122 cm³/mol. The van der Waals surface area contributed by atoms with Crippen LogP contribution in [0.25, 0.3) is 11.0 Å². The van der Waals surface area contributed by atoms with Crippen LogP contribution < -0.4 is 0 Å². The largest absolute Gasteiger partial charge is 0.462 e. The molecule has 182 valence electrons. The first-order chi connectivity index (χ1) is 16.7. The summed E-state index contributed by atoms with van der Waals surface area (Å²) in [5.74, 6) is -2.34. The van der Waals surface area contributed by atoms with E-state index in [0.717, 1.165) is 30.0 Å². The molecule has 0 aliphatic heterocycles. The van der Waals surface area contributed by atoms with Gasteiger partial charge < -0.3 is 9.30 Å². The van der Waals surface area contributed by atoms with E-state index >= 15 is 0 Å². The third kappa shape index (κ3) is 5.48. The molecule has 0 saturated carbocycles. The second-order valence-corrected chi connectivity index (χ2v) is 8.54. The number of halogens is 5. The number of hydrogen-bond acceptors (Lipinski definition) is 4. The lowest BCUT2D eigenvalue weighted by molar-refractivity contribution is -0.137. The Morgan fingerprint density at radius 3 is 2.49 bits per heavy atom. The SMILES string of the molecule is CCOC(=O)c1ccc2c(c1)nc(SCc1cccc(F)c1F)n2Cc1ccc(C(F)(F)F)cc1. The molecule has 0 aliphatic rings. The Kier molecular flexibility index (Phi) is 7.11. The quantitative estimate of drug-likeness (QED) is 0.156. The van der Waals surface area contributed by atoms with E-state index in [0.29, 0.717) is 27.3 Å². The average Bonchev–Trinajstić information content (AvgIpc) is 3.16. The minimum absolute atomic E-state index is 0.0741. The molecular weight excluding hydrogens is 487 g/mol. The van der Waals surface area contributed by atoms with Crippen LogP contribution >= 0.6 is 11.8 Å². The molecule has 0 N–H and O–H groups in total. The molecule has 10 heteroatoms. The summed E-state index contributed by atoms with van der Waals surface area (Å²) in [4.78, 5) is 16.7. The number of carbonyl (C=O) groups excluding carboxylic acids is 1. The highest BCUT2D eigenvalue weighted by molar-refractivity contribution is 7.98. The summed E-state index contributed by atoms with van der Waals surface area (Å²) in [6.07, 6.45) is -4.44. The molecule has 0 aliphatic carbocycles. The van der Waals surface area contributed by atoms with Crippen molar-refractivity contribution >= 4 is 28.8 Å². The number of benzene rings is 3. The minimum atomic E-state index is -4.44. The number of rotatable bonds is 7. The van der Waals surface area contributed by atoms with E-state index < -0.39 is 29.3 Å². The fourth-order valence-electron chi connectivity index (χ4n) is 3.50. The second-order valence-electron chi connectivity index (χ2n) is 7.60. The maximum atomic E-state index is 14.1. The van der Waals surface area contributed by atoms with Crippen LogP contribution in [0.5, 0.6) is 0 Å². The summed E-state index contributed by atoms with van der Waals surface area (Å²) < 4.78 is 73.4. The van der Waals surface area contributed by atoms with Gasteiger partial charge in [-0.3, -0.25) is 0 Å². The van der Waals surface area contributed by atoms with Crippen molar-refractivity contribution in [3.8, 4) is 0 Å². The highest BCUT2D eigenvalue weighted by Crippen LogP contribution is 2.31. The Morgan fingerprint density at radius 2 is 1.80 bits per heavy atom. The van der Waals surface area contributed by atoms with Crippen molar-refractivity contribution in [2.45, 2.75) is 30.6 Å². The van der Waals surface area contributed by atoms with Crippen molar-refractivity contribution in [3.63, 3.8) is 0 Å². The van der Waals surface area contributed by atoms with Crippen molar-refractivity contribution in [1.82, 2.24) is 9.55 Å². The van der Waals surface area contributed by atoms with E-state index in [2.05, 4.69) is 4.98 Å². The zero-order valence-corrected chi connectivity index (χ0v) is 19.2. The molecule has 0 amide bonds. The van der Waals surface area contributed by atoms with Crippen molar-refractivity contribution in [2.24, 2.45) is 0 Å². The number of ether oxygens (including phenoxy) is 1. The van der Waals surface area contributed by atoms with Crippen molar-refractivity contribution in [2.75, 3.05) is 6.61 Å². The van der Waals surface area contributed by atoms with E-state index in [1.807, 2.05) is 0 Å². The average molecular weight is 506 g/mol. The standard InChI is InChI=1S/C25H19F5N2O2S/c1-2-34-23(33)16-8-11-21-20(12-16)31-24(35-14-17-4-3-5-19(26)22(17)27)32(21)13-15-6-9-18(10-7-15)25(28,29)30/h3-12H,2,13-14H2,1H3. The summed E-state index contributed by atoms with van der Waals surface area (Å²) in [5.41, 5.74) is 1.36. The van der Waals surface area contributed by atoms with Crippen LogP contribution in [0.2, 0.25) is 0 Å². The van der Waals surface area contributed by atoms with Crippen molar-refractivity contribution in [3.05, 3.63) is 94.6 Å². The monoisotopic (exact) mass is 506 g/mol. The summed E-state index contributed by atoms with van der Waals surface area (Å²) in [7, 11) is 0. The third-order valence-electron chi connectivity index (χ3n) is 5.23. The molecule has 0 radical (unpaired) electrons. The van der Waals surface area contributed by atoms with Gasteiger partial charge in [0.15, 0.2) is 16.8 Å². The van der Waals surface area contributed by atoms with Crippen LogP contribution in [-0.2, 0) is 23.2 Å². The molecule has 0 saturated heterocycles. The third-order valence-corrected chi connectivity index (χ3v) is 6.26. The highest BCUT2D eigenvalue weighted by Gasteiger charge is 2.30. The fourth-order valence-corrected chi connectivity index (χ4v) is 4.49. The molecule has 4 aromatic rings. The van der Waals surface area contributed by atoms with Crippen LogP contribution in [0.1, 0.15) is 34.0 Å². The summed E-state index contributed by atoms with van der Waals surface area (Å²) >= 11 is 1.15. The maximum Gasteiger partial charge on any atom is 0.416 e. The number of esters is 1. The van der Waals surface area contributed by atoms with Gasteiger partial charge in [-0.05, 0) is 48.9 Å². The van der Waals surface area contributed by atoms with Crippen molar-refractivity contribution in [1.29, 1.82) is 0 Å². The van der Waals surface area contributed by atoms with E-state index in [9.17, 15) is 26.7 Å². The van der Waals surface area contributed by atoms with Gasteiger partial charge in [-0.15, -0.1) is 0 Å². The van der Waals surface area contributed by atoms with Gasteiger partial charge >= 0.3 is 12.1 Å². The normalized spacial score (nSPS) is 11.7. The van der Waals surface area contributed by atoms with Crippen LogP contribution in [0.15, 0.2) is 65.8 Å². The molecule has 3 aromatic carbocycles. The van der Waals surface area contributed by atoms with Crippen LogP contribution in [-0.4, -0.2) is 22.1 Å². The molecule has 1 aromatic heterocycles. The van der Waals surface area contributed by atoms with Gasteiger partial charge in [0.2, 0.25) is 0 Å². The fraction of sp³-hybridized carbons (Fsp3) is 0.200. The van der Waals surface area contributed by atoms with Gasteiger partial charge in [-0.25, -0.2) is 18.6 Å². The molecule has 0 fully saturated rings. The topological polar surface area (TPSA) is 44.1 Å². The first-order valence-corrected chi connectivity index (χ1v) is 11.5. The summed E-state index contributed by atoms with van der Waals surface area (Å²) in [6, 6.07) is 13.5. The van der Waals surface area contributed by atoms with E-state index in [4.69, 9.17) is 4.74 Å². The Balaban J connectivity index is 1.70. The second kappa shape index (κ2) is 10.1. The smallest absolute Gasteiger partial charge is 0.416 e. The number of fused-ring (bicyclic) bond motifs is 1. The molecule has 0 atom stereocenters. The zero-order valence-electron chi connectivity index (χ0n) is 18.4. The number of alkyl halides is 3. The van der Waals surface area contributed by atoms with Gasteiger partial charge in [0.25, 0.3) is 0 Å². The summed E-state index contributed by atoms with van der Waals surface area (Å²) in [5, 5.41) is 0.435. The predicted octanol–water partition coefficient (Wildman–Crippen LogP) is 6.85. The van der Waals surface area contributed by atoms with Crippen LogP contribution in [0.3, 0.4) is 0 Å². The molecule has 0 spiro atoms. The molecule has 0 unspecified atom stereocenters. The number of nitrogens with zero attached hydrogens (tertiary/aromatic N) is 2. The first kappa shape index (κ1) is 24.7. The van der Waals surface area contributed by atoms with Gasteiger partial charge in [0.05, 0.1) is 35.3 Å². The van der Waals surface area contributed by atoms with Gasteiger partial charge in [-0.1, -0.05) is 36.0 Å². The molecule has 4 rings (SSSR count). The van der Waals surface area contributed by atoms with E-state index in [-0.39, 0.29) is 24.5 Å². The summed E-state index contributed by atoms with van der Waals surface area (Å²) in [6.45, 7) is 2.08. The maximum absolute atomic E-state index is 14.1. The Morgan fingerprint density at radius 1 is 1.06 bits per heavy atom. The van der Waals surface area contributed by atoms with E-state index in [1.54, 1.807) is 29.7 Å². The number of imidazole rings is 1. The highest BCUT2D eigenvalue weighted by atomic mass is 32.2. The number of hydrogen-bond donors (Lipinski definition) is 0. The Hall–Kier alpha value is -3.40. The lowest BCUT2D eigenvalue weighted by Crippen LogP contribution is -2.06. The zero-order chi connectivity index (χ0) is 25.2. The van der Waals surface area contributed by atoms with Crippen LogP contribution in [0, 0.1) is 11.6 Å². The molecular formula is C25H19F5N2O2S. The lowest BCUT2D eigenvalue weighted by atomic mass is 10.1. The Labute approximate surface area is 201 Å². The molecule has 0 bridgehead atoms. The van der Waals surface area contributed by atoms with Gasteiger partial charge in [0, 0.05) is 11.3 Å². The van der Waals surface area contributed by atoms with Crippen molar-refractivity contribution < 1.29 is 31.5 Å². The number of carbonyl (C=O) groups is 1. The first-order valence-electron chi connectivity index (χ1n) is 10.6. The molecule has 4 nitrogen and oxygen atoms in total. The van der Waals surface area contributed by atoms with Gasteiger partial charge in [0.1, 0.15) is 0 Å². The lowest BCUT2D eigenvalue weighted by Gasteiger charge is -2.11.